The highest BCUT2D eigenvalue weighted by atomic mass is 16.5. The van der Waals surface area contributed by atoms with E-state index in [4.69, 9.17) is 14.2 Å². The molecule has 44 heavy (non-hydrogen) atoms. The number of ether oxygens (including phenoxy) is 3. The topological polar surface area (TPSA) is 61.8 Å². The minimum Gasteiger partial charge on any atom is -0.488 e. The van der Waals surface area contributed by atoms with Crippen LogP contribution in [0.4, 0.5) is 0 Å². The zero-order chi connectivity index (χ0) is 31.0. The number of carbonyl (C=O) groups is 2. The van der Waals surface area contributed by atoms with Gasteiger partial charge in [0.15, 0.2) is 0 Å². The van der Waals surface area contributed by atoms with Crippen LogP contribution in [0.5, 0.6) is 5.75 Å². The van der Waals surface area contributed by atoms with E-state index in [-0.39, 0.29) is 17.9 Å². The molecule has 0 spiro atoms. The lowest BCUT2D eigenvalue weighted by Crippen LogP contribution is -2.06. The van der Waals surface area contributed by atoms with Crippen molar-refractivity contribution in [3.05, 3.63) is 107 Å². The molecular formula is C39H48O5. The van der Waals surface area contributed by atoms with Crippen molar-refractivity contribution in [3.8, 4) is 5.75 Å². The van der Waals surface area contributed by atoms with Gasteiger partial charge in [-0.25, -0.2) is 4.79 Å². The number of esters is 2. The first kappa shape index (κ1) is 33.0. The Hall–Kier alpha value is -3.86. The number of para-hydroxylation sites is 1. The van der Waals surface area contributed by atoms with Crippen LogP contribution in [0.3, 0.4) is 0 Å². The van der Waals surface area contributed by atoms with E-state index in [9.17, 15) is 9.59 Å². The summed E-state index contributed by atoms with van der Waals surface area (Å²) in [6, 6.07) is 24.8. The summed E-state index contributed by atoms with van der Waals surface area (Å²) in [5.74, 6) is 1.39. The van der Waals surface area contributed by atoms with Gasteiger partial charge >= 0.3 is 11.9 Å². The van der Waals surface area contributed by atoms with Gasteiger partial charge in [-0.1, -0.05) is 92.4 Å². The molecule has 1 atom stereocenters. The molecule has 4 rings (SSSR count). The maximum atomic E-state index is 12.1. The van der Waals surface area contributed by atoms with Crippen LogP contribution in [0.25, 0.3) is 6.08 Å². The van der Waals surface area contributed by atoms with Gasteiger partial charge in [-0.05, 0) is 92.7 Å². The predicted molar refractivity (Wildman–Crippen MR) is 177 cm³/mol. The van der Waals surface area contributed by atoms with Crippen molar-refractivity contribution in [1.29, 1.82) is 0 Å². The average Bonchev–Trinajstić information content (AvgIpc) is 3.06. The highest BCUT2D eigenvalue weighted by Crippen LogP contribution is 2.33. The van der Waals surface area contributed by atoms with E-state index in [2.05, 4.69) is 42.5 Å². The van der Waals surface area contributed by atoms with Gasteiger partial charge < -0.3 is 14.2 Å². The number of allylic oxidation sites excluding steroid dienone is 1. The molecule has 234 valence electrons. The van der Waals surface area contributed by atoms with Crippen molar-refractivity contribution < 1.29 is 23.8 Å². The van der Waals surface area contributed by atoms with Crippen molar-refractivity contribution in [2.24, 2.45) is 5.92 Å². The summed E-state index contributed by atoms with van der Waals surface area (Å²) in [7, 11) is 0. The van der Waals surface area contributed by atoms with E-state index in [0.717, 1.165) is 42.6 Å². The monoisotopic (exact) mass is 596 g/mol. The second-order valence-corrected chi connectivity index (χ2v) is 11.7. The highest BCUT2D eigenvalue weighted by molar-refractivity contribution is 5.89. The summed E-state index contributed by atoms with van der Waals surface area (Å²) >= 11 is 0. The smallest absolute Gasteiger partial charge is 0.338 e. The van der Waals surface area contributed by atoms with Gasteiger partial charge in [-0.15, -0.1) is 0 Å². The highest BCUT2D eigenvalue weighted by Gasteiger charge is 2.15. The Kier molecular flexibility index (Phi) is 13.6. The molecule has 1 saturated carbocycles. The molecule has 0 aromatic heterocycles. The third-order valence-corrected chi connectivity index (χ3v) is 8.39. The molecule has 1 aliphatic carbocycles. The normalized spacial score (nSPS) is 14.3. The van der Waals surface area contributed by atoms with Gasteiger partial charge in [0.25, 0.3) is 0 Å². The van der Waals surface area contributed by atoms with E-state index in [0.29, 0.717) is 37.7 Å². The SMILES string of the molecule is CCOC(=O)CCCCC(/C=C/c1ccccc1OCc1ccc(C2CCCCC2)cc1)Cc1ccc(C(=O)OCC)cc1. The Morgan fingerprint density at radius 2 is 1.52 bits per heavy atom. The summed E-state index contributed by atoms with van der Waals surface area (Å²) in [5.41, 5.74) is 5.39. The molecular weight excluding hydrogens is 548 g/mol. The molecule has 0 bridgehead atoms. The molecule has 1 fully saturated rings. The van der Waals surface area contributed by atoms with Crippen molar-refractivity contribution in [1.82, 2.24) is 0 Å². The van der Waals surface area contributed by atoms with E-state index in [1.54, 1.807) is 0 Å². The third-order valence-electron chi connectivity index (χ3n) is 8.39. The number of rotatable bonds is 16. The van der Waals surface area contributed by atoms with Crippen LogP contribution in [-0.4, -0.2) is 25.2 Å². The van der Waals surface area contributed by atoms with E-state index in [1.165, 1.54) is 43.2 Å². The van der Waals surface area contributed by atoms with E-state index in [1.807, 2.05) is 56.3 Å². The number of hydrogen-bond acceptors (Lipinski definition) is 5. The number of unbranched alkanes of at least 4 members (excludes halogenated alkanes) is 1. The van der Waals surface area contributed by atoms with Crippen molar-refractivity contribution in [2.75, 3.05) is 13.2 Å². The third kappa shape index (κ3) is 10.7. The van der Waals surface area contributed by atoms with Crippen molar-refractivity contribution >= 4 is 18.0 Å². The van der Waals surface area contributed by atoms with Gasteiger partial charge in [-0.3, -0.25) is 4.79 Å². The maximum absolute atomic E-state index is 12.1. The lowest BCUT2D eigenvalue weighted by molar-refractivity contribution is -0.143. The van der Waals surface area contributed by atoms with Crippen LogP contribution in [0, 0.1) is 5.92 Å². The fraction of sp³-hybridized carbons (Fsp3) is 0.436. The minimum atomic E-state index is -0.300. The Morgan fingerprint density at radius 1 is 0.818 bits per heavy atom. The molecule has 0 aliphatic heterocycles. The lowest BCUT2D eigenvalue weighted by atomic mass is 9.84. The molecule has 0 amide bonds. The van der Waals surface area contributed by atoms with Gasteiger partial charge in [0.1, 0.15) is 12.4 Å². The number of benzene rings is 3. The molecule has 0 N–H and O–H groups in total. The molecule has 0 heterocycles. The second kappa shape index (κ2) is 18.1. The summed E-state index contributed by atoms with van der Waals surface area (Å²) in [5, 5.41) is 0. The predicted octanol–water partition coefficient (Wildman–Crippen LogP) is 9.49. The second-order valence-electron chi connectivity index (χ2n) is 11.7. The summed E-state index contributed by atoms with van der Waals surface area (Å²) in [6.45, 7) is 4.95. The molecule has 3 aromatic rings. The van der Waals surface area contributed by atoms with Crippen LogP contribution in [0.1, 0.15) is 110 Å². The summed E-state index contributed by atoms with van der Waals surface area (Å²) in [4.78, 5) is 23.9. The number of hydrogen-bond donors (Lipinski definition) is 0. The lowest BCUT2D eigenvalue weighted by Gasteiger charge is -2.22. The first-order valence-electron chi connectivity index (χ1n) is 16.5. The zero-order valence-corrected chi connectivity index (χ0v) is 26.5. The molecule has 1 unspecified atom stereocenters. The molecule has 0 saturated heterocycles. The van der Waals surface area contributed by atoms with Crippen LogP contribution in [-0.2, 0) is 27.3 Å². The van der Waals surface area contributed by atoms with Crippen molar-refractivity contribution in [2.45, 2.75) is 90.6 Å². The van der Waals surface area contributed by atoms with Gasteiger partial charge in [0, 0.05) is 12.0 Å². The fourth-order valence-corrected chi connectivity index (χ4v) is 5.94. The van der Waals surface area contributed by atoms with Crippen molar-refractivity contribution in [3.63, 3.8) is 0 Å². The maximum Gasteiger partial charge on any atom is 0.338 e. The van der Waals surface area contributed by atoms with Crippen LogP contribution < -0.4 is 4.74 Å². The first-order chi connectivity index (χ1) is 21.6. The zero-order valence-electron chi connectivity index (χ0n) is 26.5. The Labute approximate surface area is 263 Å². The average molecular weight is 597 g/mol. The molecule has 5 nitrogen and oxygen atoms in total. The number of carbonyl (C=O) groups excluding carboxylic acids is 2. The van der Waals surface area contributed by atoms with Gasteiger partial charge in [0.05, 0.1) is 18.8 Å². The summed E-state index contributed by atoms with van der Waals surface area (Å²) in [6.07, 6.45) is 15.0. The van der Waals surface area contributed by atoms with Gasteiger partial charge in [0.2, 0.25) is 0 Å². The molecule has 0 radical (unpaired) electrons. The quantitative estimate of drug-likeness (QED) is 0.122. The first-order valence-corrected chi connectivity index (χ1v) is 16.5. The largest absolute Gasteiger partial charge is 0.488 e. The molecule has 3 aromatic carbocycles. The minimum absolute atomic E-state index is 0.135. The van der Waals surface area contributed by atoms with Crippen LogP contribution >= 0.6 is 0 Å². The summed E-state index contributed by atoms with van der Waals surface area (Å²) < 4.78 is 16.5. The van der Waals surface area contributed by atoms with Crippen LogP contribution in [0.15, 0.2) is 78.9 Å². The van der Waals surface area contributed by atoms with E-state index < -0.39 is 0 Å². The standard InChI is InChI=1S/C39H48O5/c1-3-42-38(40)17-11-8-12-30(28-31-19-26-36(27-20-31)39(41)43-4-2)18-25-35-15-9-10-16-37(35)44-29-32-21-23-34(24-22-32)33-13-6-5-7-14-33/h9-10,15-16,18-27,30,33H,3-8,11-14,17,28-29H2,1-2H3/b25-18+. The van der Waals surface area contributed by atoms with Gasteiger partial charge in [-0.2, -0.15) is 0 Å². The molecule has 5 heteroatoms. The Bertz CT molecular complexity index is 1320. The molecule has 1 aliphatic rings. The Morgan fingerprint density at radius 3 is 2.25 bits per heavy atom. The van der Waals surface area contributed by atoms with Crippen LogP contribution in [0.2, 0.25) is 0 Å². The van der Waals surface area contributed by atoms with E-state index >= 15 is 0 Å². The Balaban J connectivity index is 1.40. The fourth-order valence-electron chi connectivity index (χ4n) is 5.94.